The van der Waals surface area contributed by atoms with E-state index in [-0.39, 0.29) is 24.0 Å². The molecule has 0 spiro atoms. The van der Waals surface area contributed by atoms with E-state index in [9.17, 15) is 21.6 Å². The van der Waals surface area contributed by atoms with E-state index in [0.717, 1.165) is 11.3 Å². The van der Waals surface area contributed by atoms with Crippen LogP contribution >= 0.6 is 11.3 Å². The van der Waals surface area contributed by atoms with Gasteiger partial charge in [0.2, 0.25) is 10.0 Å². The first kappa shape index (κ1) is 16.4. The number of hydrogen-bond donors (Lipinski definition) is 2. The summed E-state index contributed by atoms with van der Waals surface area (Å²) in [5.41, 5.74) is 0.457. The average Bonchev–Trinajstić information content (AvgIpc) is 2.76. The second-order valence-electron chi connectivity index (χ2n) is 3.50. The number of halogens is 3. The number of hydrogen-bond acceptors (Lipinski definition) is 5. The van der Waals surface area contributed by atoms with Gasteiger partial charge in [0, 0.05) is 6.54 Å². The molecule has 1 aromatic heterocycles. The van der Waals surface area contributed by atoms with Crippen molar-refractivity contribution in [1.82, 2.24) is 4.72 Å². The highest BCUT2D eigenvalue weighted by Crippen LogP contribution is 2.19. The van der Waals surface area contributed by atoms with Gasteiger partial charge in [-0.2, -0.15) is 13.2 Å². The summed E-state index contributed by atoms with van der Waals surface area (Å²) in [4.78, 5) is 0. The molecule has 0 aliphatic carbocycles. The molecule has 0 aromatic carbocycles. The maximum atomic E-state index is 11.7. The van der Waals surface area contributed by atoms with Crippen LogP contribution in [0.25, 0.3) is 0 Å². The lowest BCUT2D eigenvalue weighted by molar-refractivity contribution is -0.173. The predicted octanol–water partition coefficient (Wildman–Crippen LogP) is 1.10. The molecule has 0 aliphatic heterocycles. The zero-order chi connectivity index (χ0) is 14.5. The molecule has 0 bridgehead atoms. The van der Waals surface area contributed by atoms with Crippen LogP contribution in [0.4, 0.5) is 13.2 Å². The van der Waals surface area contributed by atoms with E-state index in [1.54, 1.807) is 0 Å². The molecule has 10 heteroatoms. The SMILES string of the molecule is O=S(=O)(NCCOCC(F)(F)F)c1cc(CO)cs1. The zero-order valence-electron chi connectivity index (χ0n) is 9.61. The minimum Gasteiger partial charge on any atom is -0.392 e. The summed E-state index contributed by atoms with van der Waals surface area (Å²) in [5, 5.41) is 10.3. The second-order valence-corrected chi connectivity index (χ2v) is 6.40. The number of aliphatic hydroxyl groups excluding tert-OH is 1. The third-order valence-corrected chi connectivity index (χ3v) is 4.83. The summed E-state index contributed by atoms with van der Waals surface area (Å²) in [7, 11) is -3.77. The van der Waals surface area contributed by atoms with Crippen molar-refractivity contribution < 1.29 is 31.4 Å². The van der Waals surface area contributed by atoms with Crippen LogP contribution in [0.2, 0.25) is 0 Å². The van der Waals surface area contributed by atoms with Gasteiger partial charge in [0.1, 0.15) is 10.8 Å². The third kappa shape index (κ3) is 5.87. The van der Waals surface area contributed by atoms with E-state index in [4.69, 9.17) is 5.11 Å². The van der Waals surface area contributed by atoms with Gasteiger partial charge in [0.25, 0.3) is 0 Å². The topological polar surface area (TPSA) is 75.6 Å². The minimum atomic E-state index is -4.43. The maximum Gasteiger partial charge on any atom is 0.411 e. The number of rotatable bonds is 7. The summed E-state index contributed by atoms with van der Waals surface area (Å²) in [6.07, 6.45) is -4.43. The molecule has 1 rings (SSSR count). The highest BCUT2D eigenvalue weighted by molar-refractivity contribution is 7.91. The van der Waals surface area contributed by atoms with Gasteiger partial charge < -0.3 is 9.84 Å². The van der Waals surface area contributed by atoms with Crippen molar-refractivity contribution in [3.63, 3.8) is 0 Å². The summed E-state index contributed by atoms with van der Waals surface area (Å²) in [6, 6.07) is 1.30. The normalized spacial score (nSPS) is 12.8. The highest BCUT2D eigenvalue weighted by Gasteiger charge is 2.27. The third-order valence-electron chi connectivity index (χ3n) is 1.88. The van der Waals surface area contributed by atoms with Gasteiger partial charge in [-0.05, 0) is 17.0 Å². The van der Waals surface area contributed by atoms with Crippen LogP contribution in [-0.2, 0) is 21.4 Å². The monoisotopic (exact) mass is 319 g/mol. The van der Waals surface area contributed by atoms with Crippen molar-refractivity contribution in [3.8, 4) is 0 Å². The van der Waals surface area contributed by atoms with Crippen LogP contribution in [0.1, 0.15) is 5.56 Å². The van der Waals surface area contributed by atoms with E-state index in [0.29, 0.717) is 5.56 Å². The number of sulfonamides is 1. The van der Waals surface area contributed by atoms with Gasteiger partial charge in [-0.1, -0.05) is 0 Å². The average molecular weight is 319 g/mol. The quantitative estimate of drug-likeness (QED) is 0.738. The first-order valence-corrected chi connectivity index (χ1v) is 7.43. The Balaban J connectivity index is 2.39. The van der Waals surface area contributed by atoms with E-state index in [2.05, 4.69) is 9.46 Å². The lowest BCUT2D eigenvalue weighted by atomic mass is 10.4. The molecule has 1 aromatic rings. The van der Waals surface area contributed by atoms with Crippen molar-refractivity contribution in [3.05, 3.63) is 17.0 Å². The van der Waals surface area contributed by atoms with Crippen LogP contribution in [0, 0.1) is 0 Å². The number of alkyl halides is 3. The molecule has 0 atom stereocenters. The van der Waals surface area contributed by atoms with Crippen molar-refractivity contribution in [1.29, 1.82) is 0 Å². The van der Waals surface area contributed by atoms with Crippen LogP contribution < -0.4 is 4.72 Å². The van der Waals surface area contributed by atoms with E-state index in [1.165, 1.54) is 11.4 Å². The molecule has 0 saturated heterocycles. The Morgan fingerprint density at radius 3 is 2.63 bits per heavy atom. The lowest BCUT2D eigenvalue weighted by Gasteiger charge is -2.08. The van der Waals surface area contributed by atoms with E-state index in [1.807, 2.05) is 0 Å². The Morgan fingerprint density at radius 1 is 1.42 bits per heavy atom. The van der Waals surface area contributed by atoms with Gasteiger partial charge in [-0.15, -0.1) is 11.3 Å². The van der Waals surface area contributed by atoms with Gasteiger partial charge in [0.15, 0.2) is 0 Å². The molecule has 1 heterocycles. The Labute approximate surface area is 112 Å². The van der Waals surface area contributed by atoms with Gasteiger partial charge in [-0.25, -0.2) is 13.1 Å². The zero-order valence-corrected chi connectivity index (χ0v) is 11.2. The molecule has 0 unspecified atom stereocenters. The number of aliphatic hydroxyl groups is 1. The minimum absolute atomic E-state index is 0.00706. The summed E-state index contributed by atoms with van der Waals surface area (Å²) in [6.45, 7) is -2.33. The van der Waals surface area contributed by atoms with Crippen molar-refractivity contribution in [2.45, 2.75) is 17.0 Å². The van der Waals surface area contributed by atoms with E-state index >= 15 is 0 Å². The largest absolute Gasteiger partial charge is 0.411 e. The standard InChI is InChI=1S/C9H12F3NO4S2/c10-9(11,12)6-17-2-1-13-19(15,16)8-3-7(4-14)5-18-8/h3,5,13-14H,1-2,4,6H2. The van der Waals surface area contributed by atoms with Gasteiger partial charge in [0.05, 0.1) is 13.2 Å². The fourth-order valence-corrected chi connectivity index (χ4v) is 3.34. The molecule has 0 saturated carbocycles. The fourth-order valence-electron chi connectivity index (χ4n) is 1.08. The Kier molecular flexibility index (Phi) is 5.74. The van der Waals surface area contributed by atoms with Crippen LogP contribution in [0.3, 0.4) is 0 Å². The molecule has 0 radical (unpaired) electrons. The van der Waals surface area contributed by atoms with Crippen LogP contribution in [0.5, 0.6) is 0 Å². The maximum absolute atomic E-state index is 11.7. The predicted molar refractivity (Wildman–Crippen MR) is 62.3 cm³/mol. The first-order chi connectivity index (χ1) is 8.74. The van der Waals surface area contributed by atoms with Crippen molar-refractivity contribution in [2.75, 3.05) is 19.8 Å². The lowest BCUT2D eigenvalue weighted by Crippen LogP contribution is -2.28. The van der Waals surface area contributed by atoms with E-state index < -0.39 is 22.8 Å². The molecule has 0 fully saturated rings. The molecule has 5 nitrogen and oxygen atoms in total. The fraction of sp³-hybridized carbons (Fsp3) is 0.556. The first-order valence-electron chi connectivity index (χ1n) is 5.07. The smallest absolute Gasteiger partial charge is 0.392 e. The molecule has 110 valence electrons. The van der Waals surface area contributed by atoms with Crippen molar-refractivity contribution >= 4 is 21.4 Å². The van der Waals surface area contributed by atoms with Gasteiger partial charge in [-0.3, -0.25) is 0 Å². The molecule has 19 heavy (non-hydrogen) atoms. The molecule has 2 N–H and O–H groups in total. The van der Waals surface area contributed by atoms with Crippen LogP contribution in [0.15, 0.2) is 15.7 Å². The number of ether oxygens (including phenoxy) is 1. The summed E-state index contributed by atoms with van der Waals surface area (Å²) in [5.74, 6) is 0. The summed E-state index contributed by atoms with van der Waals surface area (Å²) < 4.78 is 64.9. The molecular weight excluding hydrogens is 307 g/mol. The van der Waals surface area contributed by atoms with Crippen LogP contribution in [-0.4, -0.2) is 39.5 Å². The van der Waals surface area contributed by atoms with Gasteiger partial charge >= 0.3 is 6.18 Å². The Morgan fingerprint density at radius 2 is 2.11 bits per heavy atom. The molecule has 0 aliphatic rings. The number of thiophene rings is 1. The Bertz CT molecular complexity index is 498. The number of nitrogens with one attached hydrogen (secondary N) is 1. The second kappa shape index (κ2) is 6.66. The molecular formula is C9H12F3NO4S2. The highest BCUT2D eigenvalue weighted by atomic mass is 32.2. The summed E-state index contributed by atoms with van der Waals surface area (Å²) >= 11 is 0.918. The Hall–Kier alpha value is -0.680. The van der Waals surface area contributed by atoms with Crippen molar-refractivity contribution in [2.24, 2.45) is 0 Å². The molecule has 0 amide bonds.